The monoisotopic (exact) mass is 290 g/mol. The molecule has 0 spiro atoms. The highest BCUT2D eigenvalue weighted by molar-refractivity contribution is 5.40. The van der Waals surface area contributed by atoms with Gasteiger partial charge in [0.05, 0.1) is 0 Å². The zero-order valence-electron chi connectivity index (χ0n) is 12.3. The zero-order chi connectivity index (χ0) is 15.4. The molecule has 0 aromatic heterocycles. The van der Waals surface area contributed by atoms with Gasteiger partial charge in [-0.15, -0.1) is 0 Å². The van der Waals surface area contributed by atoms with Crippen molar-refractivity contribution in [2.75, 3.05) is 5.73 Å². The van der Waals surface area contributed by atoms with Gasteiger partial charge in [-0.05, 0) is 37.6 Å². The number of nitrogen functional groups attached to an aromatic ring is 1. The summed E-state index contributed by atoms with van der Waals surface area (Å²) in [7, 11) is 0. The maximum atomic E-state index is 13.8. The minimum atomic E-state index is -0.805. The summed E-state index contributed by atoms with van der Waals surface area (Å²) in [5, 5.41) is 0. The Balaban J connectivity index is 2.18. The van der Waals surface area contributed by atoms with E-state index in [1.807, 2.05) is 38.1 Å². The summed E-state index contributed by atoms with van der Waals surface area (Å²) in [6.07, 6.45) is 0. The number of hydrogen-bond donors (Lipinski definition) is 1. The Bertz CT molecular complexity index is 611. The van der Waals surface area contributed by atoms with Crippen LogP contribution in [0, 0.1) is 11.6 Å². The predicted octanol–water partition coefficient (Wildman–Crippen LogP) is 3.96. The van der Waals surface area contributed by atoms with Gasteiger partial charge in [0, 0.05) is 30.4 Å². The van der Waals surface area contributed by atoms with Crippen LogP contribution in [-0.4, -0.2) is 10.9 Å². The molecule has 4 heteroatoms. The van der Waals surface area contributed by atoms with E-state index in [9.17, 15) is 8.78 Å². The number of halogens is 2. The fourth-order valence-electron chi connectivity index (χ4n) is 2.24. The van der Waals surface area contributed by atoms with Gasteiger partial charge in [0.1, 0.15) is 0 Å². The fraction of sp³-hybridized carbons (Fsp3) is 0.294. The molecule has 2 nitrogen and oxygen atoms in total. The molecule has 0 heterocycles. The Kier molecular flexibility index (Phi) is 4.91. The smallest absolute Gasteiger partial charge is 0.163 e. The van der Waals surface area contributed by atoms with Crippen LogP contribution < -0.4 is 5.73 Å². The van der Waals surface area contributed by atoms with Gasteiger partial charge in [-0.2, -0.15) is 0 Å². The van der Waals surface area contributed by atoms with Gasteiger partial charge < -0.3 is 5.73 Å². The van der Waals surface area contributed by atoms with Crippen LogP contribution in [-0.2, 0) is 13.1 Å². The summed E-state index contributed by atoms with van der Waals surface area (Å²) >= 11 is 0. The highest BCUT2D eigenvalue weighted by atomic mass is 19.2. The Morgan fingerprint density at radius 3 is 2.43 bits per heavy atom. The van der Waals surface area contributed by atoms with Crippen LogP contribution in [0.1, 0.15) is 25.0 Å². The second-order valence-corrected chi connectivity index (χ2v) is 5.46. The average Bonchev–Trinajstić information content (AvgIpc) is 2.43. The van der Waals surface area contributed by atoms with Crippen molar-refractivity contribution in [2.24, 2.45) is 0 Å². The number of hydrogen-bond acceptors (Lipinski definition) is 2. The summed E-state index contributed by atoms with van der Waals surface area (Å²) in [5.41, 5.74) is 7.91. The van der Waals surface area contributed by atoms with Crippen LogP contribution in [0.4, 0.5) is 14.5 Å². The summed E-state index contributed by atoms with van der Waals surface area (Å²) in [6.45, 7) is 5.06. The van der Waals surface area contributed by atoms with Crippen molar-refractivity contribution in [3.05, 3.63) is 65.2 Å². The molecule has 0 aliphatic carbocycles. The fourth-order valence-corrected chi connectivity index (χ4v) is 2.24. The lowest BCUT2D eigenvalue weighted by molar-refractivity contribution is 0.200. The van der Waals surface area contributed by atoms with E-state index in [4.69, 9.17) is 5.73 Å². The average molecular weight is 290 g/mol. The molecule has 0 radical (unpaired) electrons. The molecule has 112 valence electrons. The molecule has 0 aliphatic heterocycles. The third kappa shape index (κ3) is 4.02. The van der Waals surface area contributed by atoms with Crippen molar-refractivity contribution in [1.82, 2.24) is 4.90 Å². The van der Waals surface area contributed by atoms with E-state index in [2.05, 4.69) is 4.90 Å². The van der Waals surface area contributed by atoms with E-state index in [-0.39, 0.29) is 6.04 Å². The van der Waals surface area contributed by atoms with E-state index in [0.717, 1.165) is 11.6 Å². The van der Waals surface area contributed by atoms with Crippen LogP contribution in [0.25, 0.3) is 0 Å². The lowest BCUT2D eigenvalue weighted by Crippen LogP contribution is -2.30. The summed E-state index contributed by atoms with van der Waals surface area (Å²) in [5.74, 6) is -1.57. The summed E-state index contributed by atoms with van der Waals surface area (Å²) in [6, 6.07) is 12.1. The van der Waals surface area contributed by atoms with Crippen LogP contribution in [0.5, 0.6) is 0 Å². The lowest BCUT2D eigenvalue weighted by atomic mass is 10.1. The Morgan fingerprint density at radius 1 is 1.05 bits per heavy atom. The van der Waals surface area contributed by atoms with Crippen LogP contribution in [0.3, 0.4) is 0 Å². The molecule has 0 saturated heterocycles. The number of anilines is 1. The van der Waals surface area contributed by atoms with E-state index < -0.39 is 11.6 Å². The Labute approximate surface area is 124 Å². The van der Waals surface area contributed by atoms with Crippen molar-refractivity contribution in [3.63, 3.8) is 0 Å². The first-order valence-electron chi connectivity index (χ1n) is 6.98. The van der Waals surface area contributed by atoms with E-state index in [1.54, 1.807) is 6.07 Å². The van der Waals surface area contributed by atoms with Crippen molar-refractivity contribution in [1.29, 1.82) is 0 Å². The normalized spacial score (nSPS) is 11.3. The van der Waals surface area contributed by atoms with Gasteiger partial charge in [0.2, 0.25) is 0 Å². The first-order chi connectivity index (χ1) is 9.97. The minimum absolute atomic E-state index is 0.203. The number of rotatable bonds is 5. The molecule has 0 bridgehead atoms. The van der Waals surface area contributed by atoms with Gasteiger partial charge >= 0.3 is 0 Å². The van der Waals surface area contributed by atoms with Crippen molar-refractivity contribution in [3.8, 4) is 0 Å². The Morgan fingerprint density at radius 2 is 1.76 bits per heavy atom. The molecule has 0 aliphatic rings. The van der Waals surface area contributed by atoms with Gasteiger partial charge in [-0.1, -0.05) is 24.3 Å². The highest BCUT2D eigenvalue weighted by Gasteiger charge is 2.15. The molecule has 0 saturated carbocycles. The SMILES string of the molecule is CC(C)N(Cc1cccc(N)c1)Cc1cccc(F)c1F. The maximum absolute atomic E-state index is 13.8. The van der Waals surface area contributed by atoms with E-state index in [0.29, 0.717) is 24.3 Å². The lowest BCUT2D eigenvalue weighted by Gasteiger charge is -2.27. The van der Waals surface area contributed by atoms with Gasteiger partial charge in [0.15, 0.2) is 11.6 Å². The Hall–Kier alpha value is -1.94. The van der Waals surface area contributed by atoms with Crippen molar-refractivity contribution in [2.45, 2.75) is 33.0 Å². The second kappa shape index (κ2) is 6.68. The van der Waals surface area contributed by atoms with Crippen LogP contribution >= 0.6 is 0 Å². The molecule has 21 heavy (non-hydrogen) atoms. The predicted molar refractivity (Wildman–Crippen MR) is 81.6 cm³/mol. The van der Waals surface area contributed by atoms with Gasteiger partial charge in [-0.3, -0.25) is 4.90 Å². The number of nitrogens with zero attached hydrogens (tertiary/aromatic N) is 1. The number of benzene rings is 2. The molecule has 0 atom stereocenters. The van der Waals surface area contributed by atoms with Crippen LogP contribution in [0.15, 0.2) is 42.5 Å². The molecule has 2 N–H and O–H groups in total. The van der Waals surface area contributed by atoms with Gasteiger partial charge in [0.25, 0.3) is 0 Å². The molecule has 2 rings (SSSR count). The molecule has 2 aromatic carbocycles. The quantitative estimate of drug-likeness (QED) is 0.845. The maximum Gasteiger partial charge on any atom is 0.163 e. The molecular formula is C17H20F2N2. The molecule has 0 fully saturated rings. The van der Waals surface area contributed by atoms with Crippen molar-refractivity contribution >= 4 is 5.69 Å². The highest BCUT2D eigenvalue weighted by Crippen LogP contribution is 2.18. The van der Waals surface area contributed by atoms with E-state index in [1.165, 1.54) is 6.07 Å². The molecular weight excluding hydrogens is 270 g/mol. The third-order valence-corrected chi connectivity index (χ3v) is 3.47. The standard InChI is InChI=1S/C17H20F2N2/c1-12(2)21(10-13-5-3-7-15(20)9-13)11-14-6-4-8-16(18)17(14)19/h3-9,12H,10-11,20H2,1-2H3. The minimum Gasteiger partial charge on any atom is -0.399 e. The van der Waals surface area contributed by atoms with Crippen molar-refractivity contribution < 1.29 is 8.78 Å². The number of nitrogens with two attached hydrogens (primary N) is 1. The van der Waals surface area contributed by atoms with Crippen LogP contribution in [0.2, 0.25) is 0 Å². The summed E-state index contributed by atoms with van der Waals surface area (Å²) in [4.78, 5) is 2.08. The molecule has 0 unspecified atom stereocenters. The third-order valence-electron chi connectivity index (χ3n) is 3.47. The first-order valence-corrected chi connectivity index (χ1v) is 6.98. The largest absolute Gasteiger partial charge is 0.399 e. The van der Waals surface area contributed by atoms with Gasteiger partial charge in [-0.25, -0.2) is 8.78 Å². The topological polar surface area (TPSA) is 29.3 Å². The summed E-state index contributed by atoms with van der Waals surface area (Å²) < 4.78 is 27.1. The molecule has 2 aromatic rings. The van der Waals surface area contributed by atoms with E-state index >= 15 is 0 Å². The zero-order valence-corrected chi connectivity index (χ0v) is 12.3. The molecule has 0 amide bonds. The second-order valence-electron chi connectivity index (χ2n) is 5.46. The first kappa shape index (κ1) is 15.4.